The highest BCUT2D eigenvalue weighted by molar-refractivity contribution is 5.94. The normalized spacial score (nSPS) is 15.0. The number of carboxylic acid groups (broad SMARTS) is 1. The summed E-state index contributed by atoms with van der Waals surface area (Å²) in [7, 11) is 0. The van der Waals surface area contributed by atoms with Crippen molar-refractivity contribution in [1.29, 1.82) is 0 Å². The zero-order valence-corrected chi connectivity index (χ0v) is 20.4. The molecule has 0 bridgehead atoms. The largest absolute Gasteiger partial charge is 0.480 e. The van der Waals surface area contributed by atoms with Crippen molar-refractivity contribution in [3.63, 3.8) is 0 Å². The van der Waals surface area contributed by atoms with Gasteiger partial charge in [-0.25, -0.2) is 9.78 Å². The van der Waals surface area contributed by atoms with Crippen LogP contribution in [0.25, 0.3) is 0 Å². The lowest BCUT2D eigenvalue weighted by molar-refractivity contribution is -0.143. The fraction of sp³-hybridized carbons (Fsp3) is 0.619. The second-order valence-corrected chi connectivity index (χ2v) is 8.35. The van der Waals surface area contributed by atoms with E-state index >= 15 is 0 Å². The van der Waals surface area contributed by atoms with Gasteiger partial charge in [-0.2, -0.15) is 0 Å². The van der Waals surface area contributed by atoms with Gasteiger partial charge in [0.1, 0.15) is 24.2 Å². The summed E-state index contributed by atoms with van der Waals surface area (Å²) >= 11 is 0. The first-order valence-electron chi connectivity index (χ1n) is 11.5. The number of nitrogens with two attached hydrogens (primary N) is 3. The van der Waals surface area contributed by atoms with Crippen molar-refractivity contribution in [3.05, 3.63) is 18.2 Å². The molecule has 12 N–H and O–H groups in total. The number of aliphatic imine (C=N–C) groups is 1. The maximum Gasteiger partial charge on any atom is 0.326 e. The number of aromatic nitrogens is 2. The van der Waals surface area contributed by atoms with Crippen LogP contribution in [0.1, 0.15) is 38.8 Å². The smallest absolute Gasteiger partial charge is 0.326 e. The van der Waals surface area contributed by atoms with E-state index in [1.807, 2.05) is 0 Å². The van der Waals surface area contributed by atoms with Gasteiger partial charge in [0.25, 0.3) is 0 Å². The minimum atomic E-state index is -1.26. The SMILES string of the molecule is CCC(C)C(NC(=O)C(Cc1cnc[nH]1)NC(=O)C(CCCN=C(N)N)NC(=O)C(N)CO)C(=O)O. The molecule has 36 heavy (non-hydrogen) atoms. The van der Waals surface area contributed by atoms with Crippen LogP contribution in [0.5, 0.6) is 0 Å². The van der Waals surface area contributed by atoms with Crippen molar-refractivity contribution in [2.24, 2.45) is 28.1 Å². The molecule has 5 atom stereocenters. The summed E-state index contributed by atoms with van der Waals surface area (Å²) in [4.78, 5) is 60.7. The molecule has 15 nitrogen and oxygen atoms in total. The first-order chi connectivity index (χ1) is 17.0. The second kappa shape index (κ2) is 15.3. The number of aliphatic hydroxyl groups excluding tert-OH is 1. The average Bonchev–Trinajstić information content (AvgIpc) is 3.35. The maximum atomic E-state index is 13.1. The van der Waals surface area contributed by atoms with Crippen molar-refractivity contribution < 1.29 is 29.4 Å². The van der Waals surface area contributed by atoms with E-state index in [0.717, 1.165) is 0 Å². The molecule has 1 heterocycles. The first-order valence-corrected chi connectivity index (χ1v) is 11.5. The molecule has 0 saturated carbocycles. The number of hydrogen-bond acceptors (Lipinski definition) is 8. The van der Waals surface area contributed by atoms with Crippen LogP contribution in [0.15, 0.2) is 17.5 Å². The number of rotatable bonds is 16. The van der Waals surface area contributed by atoms with E-state index < -0.39 is 54.5 Å². The van der Waals surface area contributed by atoms with E-state index in [9.17, 15) is 24.3 Å². The number of aliphatic hydroxyl groups is 1. The van der Waals surface area contributed by atoms with E-state index in [0.29, 0.717) is 18.5 Å². The van der Waals surface area contributed by atoms with Crippen molar-refractivity contribution in [2.75, 3.05) is 13.2 Å². The van der Waals surface area contributed by atoms with Gasteiger partial charge in [-0.3, -0.25) is 19.4 Å². The summed E-state index contributed by atoms with van der Waals surface area (Å²) in [5.41, 5.74) is 16.7. The van der Waals surface area contributed by atoms with Gasteiger partial charge in [0.2, 0.25) is 17.7 Å². The van der Waals surface area contributed by atoms with Gasteiger partial charge in [0.15, 0.2) is 5.96 Å². The third-order valence-electron chi connectivity index (χ3n) is 5.50. The Kier molecular flexibility index (Phi) is 12.9. The zero-order valence-electron chi connectivity index (χ0n) is 20.4. The molecule has 3 amide bonds. The molecule has 0 aliphatic carbocycles. The van der Waals surface area contributed by atoms with Gasteiger partial charge in [-0.05, 0) is 18.8 Å². The number of hydrogen-bond donors (Lipinski definition) is 9. The number of carbonyl (C=O) groups excluding carboxylic acids is 3. The molecule has 0 aromatic carbocycles. The lowest BCUT2D eigenvalue weighted by Crippen LogP contribution is -2.58. The van der Waals surface area contributed by atoms with Gasteiger partial charge in [0, 0.05) is 24.9 Å². The molecule has 0 aliphatic rings. The van der Waals surface area contributed by atoms with E-state index in [-0.39, 0.29) is 31.3 Å². The number of guanidine groups is 1. The van der Waals surface area contributed by atoms with Crippen LogP contribution in [0, 0.1) is 5.92 Å². The maximum absolute atomic E-state index is 13.1. The molecule has 1 aromatic heterocycles. The number of nitrogens with one attached hydrogen (secondary N) is 4. The number of carboxylic acids is 1. The highest BCUT2D eigenvalue weighted by Crippen LogP contribution is 2.10. The monoisotopic (exact) mass is 511 g/mol. The Balaban J connectivity index is 3.09. The molecular weight excluding hydrogens is 474 g/mol. The number of aliphatic carboxylic acids is 1. The molecule has 1 aromatic rings. The molecule has 0 fully saturated rings. The van der Waals surface area contributed by atoms with Gasteiger partial charge >= 0.3 is 5.97 Å². The van der Waals surface area contributed by atoms with Gasteiger partial charge in [0.05, 0.1) is 12.9 Å². The van der Waals surface area contributed by atoms with Crippen LogP contribution in [0.3, 0.4) is 0 Å². The number of carbonyl (C=O) groups is 4. The van der Waals surface area contributed by atoms with Gasteiger partial charge in [-0.1, -0.05) is 20.3 Å². The Bertz CT molecular complexity index is 888. The average molecular weight is 512 g/mol. The lowest BCUT2D eigenvalue weighted by atomic mass is 9.98. The second-order valence-electron chi connectivity index (χ2n) is 8.35. The third kappa shape index (κ3) is 10.3. The Morgan fingerprint density at radius 3 is 2.28 bits per heavy atom. The standard InChI is InChI=1S/C21H37N9O6/c1-3-11(2)16(20(35)36)30-19(34)15(7-12-8-25-10-27-12)29-18(33)14(5-4-6-26-21(23)24)28-17(32)13(22)9-31/h8,10-11,13-16,31H,3-7,9,22H2,1-2H3,(H,25,27)(H,28,32)(H,29,33)(H,30,34)(H,35,36)(H4,23,24,26). The van der Waals surface area contributed by atoms with Crippen LogP contribution >= 0.6 is 0 Å². The minimum absolute atomic E-state index is 0.0186. The molecular formula is C21H37N9O6. The molecule has 0 spiro atoms. The fourth-order valence-corrected chi connectivity index (χ4v) is 3.17. The van der Waals surface area contributed by atoms with Crippen molar-refractivity contribution in [2.45, 2.75) is 63.7 Å². The van der Waals surface area contributed by atoms with Crippen LogP contribution in [0.4, 0.5) is 0 Å². The van der Waals surface area contributed by atoms with Crippen LogP contribution in [-0.2, 0) is 25.6 Å². The number of amides is 3. The molecule has 15 heteroatoms. The van der Waals surface area contributed by atoms with Crippen LogP contribution in [0.2, 0.25) is 0 Å². The third-order valence-corrected chi connectivity index (χ3v) is 5.50. The number of nitrogens with zero attached hydrogens (tertiary/aromatic N) is 2. The lowest BCUT2D eigenvalue weighted by Gasteiger charge is -2.26. The van der Waals surface area contributed by atoms with Crippen molar-refractivity contribution in [1.82, 2.24) is 25.9 Å². The topological polar surface area (TPSA) is 264 Å². The predicted molar refractivity (Wildman–Crippen MR) is 130 cm³/mol. The molecule has 0 radical (unpaired) electrons. The van der Waals surface area contributed by atoms with Crippen molar-refractivity contribution in [3.8, 4) is 0 Å². The number of H-pyrrole nitrogens is 1. The zero-order chi connectivity index (χ0) is 27.3. The quantitative estimate of drug-likeness (QED) is 0.0613. The minimum Gasteiger partial charge on any atom is -0.480 e. The van der Waals surface area contributed by atoms with Crippen LogP contribution < -0.4 is 33.2 Å². The first kappa shape index (κ1) is 30.3. The molecule has 202 valence electrons. The van der Waals surface area contributed by atoms with Gasteiger partial charge in [-0.15, -0.1) is 0 Å². The van der Waals surface area contributed by atoms with E-state index in [1.54, 1.807) is 13.8 Å². The predicted octanol–water partition coefficient (Wildman–Crippen LogP) is -3.09. The van der Waals surface area contributed by atoms with E-state index in [4.69, 9.17) is 22.3 Å². The summed E-state index contributed by atoms with van der Waals surface area (Å²) in [5.74, 6) is -3.90. The van der Waals surface area contributed by atoms with E-state index in [1.165, 1.54) is 12.5 Å². The molecule has 1 rings (SSSR count). The summed E-state index contributed by atoms with van der Waals surface area (Å²) < 4.78 is 0. The van der Waals surface area contributed by atoms with Gasteiger partial charge < -0.3 is 48.3 Å². The highest BCUT2D eigenvalue weighted by Gasteiger charge is 2.32. The number of aromatic amines is 1. The Labute approximate surface area is 208 Å². The Morgan fingerprint density at radius 2 is 1.75 bits per heavy atom. The Hall–Kier alpha value is -3.72. The molecule has 5 unspecified atom stereocenters. The number of imidazole rings is 1. The summed E-state index contributed by atoms with van der Waals surface area (Å²) in [6.45, 7) is 3.03. The summed E-state index contributed by atoms with van der Waals surface area (Å²) in [6.07, 6.45) is 3.74. The molecule has 0 aliphatic heterocycles. The Morgan fingerprint density at radius 1 is 1.11 bits per heavy atom. The van der Waals surface area contributed by atoms with Crippen molar-refractivity contribution >= 4 is 29.7 Å². The molecule has 0 saturated heterocycles. The van der Waals surface area contributed by atoms with E-state index in [2.05, 4.69) is 30.9 Å². The van der Waals surface area contributed by atoms with Crippen LogP contribution in [-0.4, -0.2) is 87.2 Å². The summed E-state index contributed by atoms with van der Waals surface area (Å²) in [5, 5.41) is 26.2. The summed E-state index contributed by atoms with van der Waals surface area (Å²) in [6, 6.07) is -4.74. The fourth-order valence-electron chi connectivity index (χ4n) is 3.17. The highest BCUT2D eigenvalue weighted by atomic mass is 16.4.